The van der Waals surface area contributed by atoms with Crippen molar-refractivity contribution in [2.24, 2.45) is 0 Å². The van der Waals surface area contributed by atoms with E-state index in [1.165, 1.54) is 0 Å². The Morgan fingerprint density at radius 3 is 2.34 bits per heavy atom. The van der Waals surface area contributed by atoms with Gasteiger partial charge in [-0.25, -0.2) is 0 Å². The summed E-state index contributed by atoms with van der Waals surface area (Å²) in [6.07, 6.45) is 4.02. The van der Waals surface area contributed by atoms with Gasteiger partial charge < -0.3 is 25.2 Å². The molecule has 0 spiro atoms. The van der Waals surface area contributed by atoms with Crippen LogP contribution in [0.3, 0.4) is 0 Å². The molecule has 0 saturated carbocycles. The van der Waals surface area contributed by atoms with E-state index in [-0.39, 0.29) is 0 Å². The van der Waals surface area contributed by atoms with Crippen LogP contribution in [0.25, 0.3) is 0 Å². The summed E-state index contributed by atoms with van der Waals surface area (Å²) in [6, 6.07) is 7.82. The summed E-state index contributed by atoms with van der Waals surface area (Å²) >= 11 is 0. The fourth-order valence-electron chi connectivity index (χ4n) is 3.48. The highest BCUT2D eigenvalue weighted by molar-refractivity contribution is 5.27. The van der Waals surface area contributed by atoms with Crippen LogP contribution >= 0.6 is 0 Å². The van der Waals surface area contributed by atoms with Crippen molar-refractivity contribution in [1.29, 1.82) is 0 Å². The molecule has 29 heavy (non-hydrogen) atoms. The smallest absolute Gasteiger partial charge is 0.119 e. The lowest BCUT2D eigenvalue weighted by atomic mass is 9.95. The normalized spacial score (nSPS) is 17.1. The maximum atomic E-state index is 10.5. The summed E-state index contributed by atoms with van der Waals surface area (Å²) in [5, 5.41) is 24.1. The van der Waals surface area contributed by atoms with Gasteiger partial charge >= 0.3 is 0 Å². The molecule has 1 aliphatic rings. The van der Waals surface area contributed by atoms with Crippen LogP contribution in [0.15, 0.2) is 49.6 Å². The number of benzene rings is 1. The lowest BCUT2D eigenvalue weighted by Crippen LogP contribution is -2.47. The van der Waals surface area contributed by atoms with Crippen molar-refractivity contribution >= 4 is 0 Å². The average Bonchev–Trinajstić information content (AvgIpc) is 2.69. The highest BCUT2D eigenvalue weighted by Crippen LogP contribution is 2.16. The van der Waals surface area contributed by atoms with E-state index in [1.807, 2.05) is 24.3 Å². The number of nitrogens with zero attached hydrogens (tertiary/aromatic N) is 2. The molecule has 1 atom stereocenters. The summed E-state index contributed by atoms with van der Waals surface area (Å²) in [5.41, 5.74) is 0.266. The molecule has 3 N–H and O–H groups in total. The molecule has 0 bridgehead atoms. The van der Waals surface area contributed by atoms with Crippen molar-refractivity contribution in [3.8, 4) is 5.75 Å². The number of piperazine rings is 1. The molecule has 0 aliphatic carbocycles. The second-order valence-corrected chi connectivity index (χ2v) is 8.03. The Hall–Kier alpha value is -1.70. The van der Waals surface area contributed by atoms with Crippen molar-refractivity contribution in [3.05, 3.63) is 55.1 Å². The maximum absolute atomic E-state index is 10.5. The summed E-state index contributed by atoms with van der Waals surface area (Å²) in [6.45, 7) is 13.6. The van der Waals surface area contributed by atoms with Gasteiger partial charge in [0, 0.05) is 45.8 Å². The molecule has 1 aromatic rings. The first-order valence-electron chi connectivity index (χ1n) is 10.4. The second kappa shape index (κ2) is 12.1. The molecular formula is C23H37N3O3. The lowest BCUT2D eigenvalue weighted by molar-refractivity contribution is 0.0461. The largest absolute Gasteiger partial charge is 0.491 e. The zero-order valence-corrected chi connectivity index (χ0v) is 17.7. The van der Waals surface area contributed by atoms with E-state index < -0.39 is 11.7 Å². The summed E-state index contributed by atoms with van der Waals surface area (Å²) in [4.78, 5) is 4.58. The van der Waals surface area contributed by atoms with E-state index in [2.05, 4.69) is 35.3 Å². The molecule has 1 heterocycles. The second-order valence-electron chi connectivity index (χ2n) is 8.03. The van der Waals surface area contributed by atoms with Gasteiger partial charge in [0.2, 0.25) is 0 Å². The predicted octanol–water partition coefficient (Wildman–Crippen LogP) is 1.65. The van der Waals surface area contributed by atoms with Gasteiger partial charge in [0.05, 0.1) is 5.60 Å². The van der Waals surface area contributed by atoms with Gasteiger partial charge in [-0.1, -0.05) is 24.3 Å². The molecule has 1 saturated heterocycles. The number of likely N-dealkylation sites (N-methyl/N-ethyl adjacent to an activating group) is 1. The van der Waals surface area contributed by atoms with E-state index in [0.717, 1.165) is 37.5 Å². The molecule has 0 radical (unpaired) electrons. The minimum absolute atomic E-state index is 0.292. The fraction of sp³-hybridized carbons (Fsp3) is 0.565. The molecule has 2 rings (SSSR count). The summed E-state index contributed by atoms with van der Waals surface area (Å²) < 4.78 is 5.74. The summed E-state index contributed by atoms with van der Waals surface area (Å²) in [5.74, 6) is 0.751. The molecule has 0 amide bonds. The molecule has 6 heteroatoms. The minimum Gasteiger partial charge on any atom is -0.491 e. The lowest BCUT2D eigenvalue weighted by Gasteiger charge is -2.33. The van der Waals surface area contributed by atoms with E-state index in [9.17, 15) is 10.2 Å². The first-order chi connectivity index (χ1) is 13.9. The number of aliphatic hydroxyl groups is 2. The SMILES string of the molecule is C=CCC(O)(CC=C)CNCc1ccc(OCC(O)CN2CCN(C)CC2)cc1. The van der Waals surface area contributed by atoms with Crippen molar-refractivity contribution in [2.75, 3.05) is 52.9 Å². The molecule has 0 aromatic heterocycles. The highest BCUT2D eigenvalue weighted by Gasteiger charge is 2.23. The van der Waals surface area contributed by atoms with Crippen LogP contribution in [-0.2, 0) is 6.54 Å². The van der Waals surface area contributed by atoms with Gasteiger partial charge in [-0.05, 0) is 37.6 Å². The van der Waals surface area contributed by atoms with Crippen LogP contribution in [0.4, 0.5) is 0 Å². The third-order valence-corrected chi connectivity index (χ3v) is 5.26. The number of hydrogen-bond donors (Lipinski definition) is 3. The molecule has 1 aliphatic heterocycles. The van der Waals surface area contributed by atoms with Crippen molar-refractivity contribution in [1.82, 2.24) is 15.1 Å². The van der Waals surface area contributed by atoms with E-state index in [0.29, 0.717) is 39.1 Å². The Morgan fingerprint density at radius 2 is 1.76 bits per heavy atom. The zero-order chi connectivity index (χ0) is 21.1. The Balaban J connectivity index is 1.69. The van der Waals surface area contributed by atoms with E-state index in [1.54, 1.807) is 12.2 Å². The van der Waals surface area contributed by atoms with Crippen LogP contribution in [-0.4, -0.2) is 84.6 Å². The molecular weight excluding hydrogens is 366 g/mol. The first-order valence-corrected chi connectivity index (χ1v) is 10.4. The van der Waals surface area contributed by atoms with Crippen LogP contribution in [0.1, 0.15) is 18.4 Å². The van der Waals surface area contributed by atoms with Crippen molar-refractivity contribution < 1.29 is 14.9 Å². The summed E-state index contributed by atoms with van der Waals surface area (Å²) in [7, 11) is 2.12. The first kappa shape index (κ1) is 23.6. The molecule has 1 fully saturated rings. The Kier molecular flexibility index (Phi) is 9.84. The average molecular weight is 404 g/mol. The van der Waals surface area contributed by atoms with Crippen LogP contribution in [0, 0.1) is 0 Å². The van der Waals surface area contributed by atoms with Crippen LogP contribution in [0.2, 0.25) is 0 Å². The Labute approximate surface area is 175 Å². The van der Waals surface area contributed by atoms with Gasteiger partial charge in [0.15, 0.2) is 0 Å². The Bertz CT molecular complexity index is 602. The number of aliphatic hydroxyl groups excluding tert-OH is 1. The van der Waals surface area contributed by atoms with Gasteiger partial charge in [-0.2, -0.15) is 0 Å². The molecule has 162 valence electrons. The minimum atomic E-state index is -0.841. The van der Waals surface area contributed by atoms with E-state index >= 15 is 0 Å². The van der Waals surface area contributed by atoms with Gasteiger partial charge in [-0.15, -0.1) is 13.2 Å². The van der Waals surface area contributed by atoms with E-state index in [4.69, 9.17) is 4.74 Å². The van der Waals surface area contributed by atoms with Gasteiger partial charge in [-0.3, -0.25) is 4.90 Å². The number of nitrogens with one attached hydrogen (secondary N) is 1. The fourth-order valence-corrected chi connectivity index (χ4v) is 3.48. The topological polar surface area (TPSA) is 68.2 Å². The van der Waals surface area contributed by atoms with Crippen molar-refractivity contribution in [2.45, 2.75) is 31.1 Å². The zero-order valence-electron chi connectivity index (χ0n) is 17.7. The maximum Gasteiger partial charge on any atom is 0.119 e. The number of β-amino-alcohol motifs (C(OH)–C–C–N with tert-alkyl or cyclic N) is 1. The molecule has 1 aromatic carbocycles. The van der Waals surface area contributed by atoms with Gasteiger partial charge in [0.25, 0.3) is 0 Å². The van der Waals surface area contributed by atoms with Crippen molar-refractivity contribution in [3.63, 3.8) is 0 Å². The standard InChI is InChI=1S/C23H37N3O3/c1-4-10-23(28,11-5-2)19-24-16-20-6-8-22(9-7-20)29-18-21(27)17-26-14-12-25(3)13-15-26/h4-9,21,24,27-28H,1-2,10-19H2,3H3. The quantitative estimate of drug-likeness (QED) is 0.435. The molecule has 1 unspecified atom stereocenters. The monoisotopic (exact) mass is 403 g/mol. The molecule has 6 nitrogen and oxygen atoms in total. The Morgan fingerprint density at radius 1 is 1.14 bits per heavy atom. The highest BCUT2D eigenvalue weighted by atomic mass is 16.5. The number of rotatable bonds is 13. The third kappa shape index (κ3) is 8.68. The predicted molar refractivity (Wildman–Crippen MR) is 118 cm³/mol. The van der Waals surface area contributed by atoms with Crippen LogP contribution < -0.4 is 10.1 Å². The number of ether oxygens (including phenoxy) is 1. The van der Waals surface area contributed by atoms with Crippen LogP contribution in [0.5, 0.6) is 5.75 Å². The third-order valence-electron chi connectivity index (χ3n) is 5.26. The van der Waals surface area contributed by atoms with Gasteiger partial charge in [0.1, 0.15) is 18.5 Å². The number of hydrogen-bond acceptors (Lipinski definition) is 6.